The highest BCUT2D eigenvalue weighted by Gasteiger charge is 2.28. The number of likely N-dealkylation sites (tertiary alicyclic amines) is 1. The zero-order valence-electron chi connectivity index (χ0n) is 12.1. The fourth-order valence-electron chi connectivity index (χ4n) is 2.90. The van der Waals surface area contributed by atoms with Crippen molar-refractivity contribution in [3.63, 3.8) is 0 Å². The first-order valence-corrected chi connectivity index (χ1v) is 7.25. The Morgan fingerprint density at radius 1 is 1.29 bits per heavy atom. The Bertz CT molecular complexity index is 627. The number of benzene rings is 1. The lowest BCUT2D eigenvalue weighted by Crippen LogP contribution is -2.29. The predicted octanol–water partition coefficient (Wildman–Crippen LogP) is 2.75. The van der Waals surface area contributed by atoms with Crippen molar-refractivity contribution < 1.29 is 4.79 Å². The lowest BCUT2D eigenvalue weighted by atomic mass is 9.99. The quantitative estimate of drug-likeness (QED) is 0.941. The molecule has 1 saturated heterocycles. The lowest BCUT2D eigenvalue weighted by Gasteiger charge is -2.18. The fourth-order valence-corrected chi connectivity index (χ4v) is 2.90. The van der Waals surface area contributed by atoms with Crippen molar-refractivity contribution in [3.05, 3.63) is 59.9 Å². The largest absolute Gasteiger partial charge is 0.387 e. The molecule has 0 saturated carbocycles. The first kappa shape index (κ1) is 13.6. The summed E-state index contributed by atoms with van der Waals surface area (Å²) in [5, 5.41) is 3.06. The van der Waals surface area contributed by atoms with E-state index in [1.807, 2.05) is 24.1 Å². The van der Waals surface area contributed by atoms with Gasteiger partial charge in [0, 0.05) is 44.1 Å². The molecule has 4 heteroatoms. The van der Waals surface area contributed by atoms with Crippen LogP contribution in [0.2, 0.25) is 0 Å². The van der Waals surface area contributed by atoms with E-state index < -0.39 is 0 Å². The summed E-state index contributed by atoms with van der Waals surface area (Å²) in [7, 11) is 1.82. The smallest absolute Gasteiger partial charge is 0.257 e. The normalized spacial score (nSPS) is 17.8. The van der Waals surface area contributed by atoms with Crippen LogP contribution in [0.25, 0.3) is 0 Å². The van der Waals surface area contributed by atoms with Gasteiger partial charge in [-0.25, -0.2) is 0 Å². The van der Waals surface area contributed by atoms with E-state index in [0.717, 1.165) is 25.2 Å². The van der Waals surface area contributed by atoms with Gasteiger partial charge in [0.15, 0.2) is 0 Å². The lowest BCUT2D eigenvalue weighted by molar-refractivity contribution is 0.0791. The molecule has 1 atom stereocenters. The molecule has 3 rings (SSSR count). The van der Waals surface area contributed by atoms with Gasteiger partial charge in [-0.15, -0.1) is 0 Å². The standard InChI is InChI=1S/C17H19N3O/c1-18-16-7-9-19-11-15(16)17(21)20-10-8-14(12-20)13-5-3-2-4-6-13/h2-7,9,11,14H,8,10,12H2,1H3,(H,18,19). The molecule has 1 aromatic heterocycles. The van der Waals surface area contributed by atoms with Crippen molar-refractivity contribution in [2.24, 2.45) is 0 Å². The fraction of sp³-hybridized carbons (Fsp3) is 0.294. The van der Waals surface area contributed by atoms with E-state index in [2.05, 4.69) is 34.6 Å². The summed E-state index contributed by atoms with van der Waals surface area (Å²) in [6.07, 6.45) is 4.36. The second-order valence-electron chi connectivity index (χ2n) is 5.32. The monoisotopic (exact) mass is 281 g/mol. The number of anilines is 1. The van der Waals surface area contributed by atoms with E-state index in [1.165, 1.54) is 5.56 Å². The molecule has 0 bridgehead atoms. The summed E-state index contributed by atoms with van der Waals surface area (Å²) < 4.78 is 0. The highest BCUT2D eigenvalue weighted by Crippen LogP contribution is 2.28. The van der Waals surface area contributed by atoms with Gasteiger partial charge in [0.05, 0.1) is 5.56 Å². The average molecular weight is 281 g/mol. The van der Waals surface area contributed by atoms with Gasteiger partial charge < -0.3 is 10.2 Å². The topological polar surface area (TPSA) is 45.2 Å². The van der Waals surface area contributed by atoms with Gasteiger partial charge in [0.25, 0.3) is 5.91 Å². The highest BCUT2D eigenvalue weighted by molar-refractivity contribution is 5.99. The number of nitrogens with zero attached hydrogens (tertiary/aromatic N) is 2. The van der Waals surface area contributed by atoms with Crippen LogP contribution in [0, 0.1) is 0 Å². The third kappa shape index (κ3) is 2.75. The molecule has 0 radical (unpaired) electrons. The Hall–Kier alpha value is -2.36. The van der Waals surface area contributed by atoms with Gasteiger partial charge in [-0.1, -0.05) is 30.3 Å². The van der Waals surface area contributed by atoms with Gasteiger partial charge in [0.2, 0.25) is 0 Å². The summed E-state index contributed by atoms with van der Waals surface area (Å²) in [4.78, 5) is 18.7. The Kier molecular flexibility index (Phi) is 3.86. The maximum absolute atomic E-state index is 12.6. The van der Waals surface area contributed by atoms with Crippen LogP contribution in [0.4, 0.5) is 5.69 Å². The first-order valence-electron chi connectivity index (χ1n) is 7.25. The molecule has 1 aliphatic heterocycles. The van der Waals surface area contributed by atoms with E-state index in [0.29, 0.717) is 11.5 Å². The number of hydrogen-bond donors (Lipinski definition) is 1. The molecule has 2 heterocycles. The van der Waals surface area contributed by atoms with Crippen LogP contribution < -0.4 is 5.32 Å². The number of rotatable bonds is 3. The zero-order valence-corrected chi connectivity index (χ0v) is 12.1. The molecule has 0 aliphatic carbocycles. The molecule has 1 N–H and O–H groups in total. The third-order valence-electron chi connectivity index (χ3n) is 4.07. The van der Waals surface area contributed by atoms with Crippen molar-refractivity contribution >= 4 is 11.6 Å². The van der Waals surface area contributed by atoms with Crippen LogP contribution in [0.3, 0.4) is 0 Å². The van der Waals surface area contributed by atoms with E-state index >= 15 is 0 Å². The van der Waals surface area contributed by atoms with Crippen LogP contribution in [-0.4, -0.2) is 35.9 Å². The van der Waals surface area contributed by atoms with E-state index in [4.69, 9.17) is 0 Å². The number of pyridine rings is 1. The molecular weight excluding hydrogens is 262 g/mol. The Balaban J connectivity index is 1.75. The third-order valence-corrected chi connectivity index (χ3v) is 4.07. The number of nitrogens with one attached hydrogen (secondary N) is 1. The molecule has 21 heavy (non-hydrogen) atoms. The van der Waals surface area contributed by atoms with Crippen LogP contribution >= 0.6 is 0 Å². The number of hydrogen-bond acceptors (Lipinski definition) is 3. The predicted molar refractivity (Wildman–Crippen MR) is 83.5 cm³/mol. The molecule has 1 aliphatic rings. The van der Waals surface area contributed by atoms with E-state index in [9.17, 15) is 4.79 Å². The van der Waals surface area contributed by atoms with Gasteiger partial charge in [0.1, 0.15) is 0 Å². The summed E-state index contributed by atoms with van der Waals surface area (Å²) in [6.45, 7) is 1.58. The van der Waals surface area contributed by atoms with Gasteiger partial charge in [-0.2, -0.15) is 0 Å². The van der Waals surface area contributed by atoms with Crippen molar-refractivity contribution in [2.45, 2.75) is 12.3 Å². The Morgan fingerprint density at radius 2 is 2.10 bits per heavy atom. The average Bonchev–Trinajstić information content (AvgIpc) is 3.05. The van der Waals surface area contributed by atoms with E-state index in [-0.39, 0.29) is 5.91 Å². The molecule has 108 valence electrons. The Labute approximate surface area is 124 Å². The number of carbonyl (C=O) groups excluding carboxylic acids is 1. The number of amides is 1. The van der Waals surface area contributed by atoms with Crippen LogP contribution in [0.1, 0.15) is 28.3 Å². The Morgan fingerprint density at radius 3 is 2.86 bits per heavy atom. The molecule has 4 nitrogen and oxygen atoms in total. The van der Waals surface area contributed by atoms with Crippen LogP contribution in [0.15, 0.2) is 48.8 Å². The van der Waals surface area contributed by atoms with Crippen molar-refractivity contribution in [2.75, 3.05) is 25.5 Å². The summed E-state index contributed by atoms with van der Waals surface area (Å²) in [5.74, 6) is 0.496. The molecule has 2 aromatic rings. The van der Waals surface area contributed by atoms with Crippen molar-refractivity contribution in [3.8, 4) is 0 Å². The minimum Gasteiger partial charge on any atom is -0.387 e. The van der Waals surface area contributed by atoms with Crippen LogP contribution in [-0.2, 0) is 0 Å². The van der Waals surface area contributed by atoms with Crippen molar-refractivity contribution in [1.29, 1.82) is 0 Å². The van der Waals surface area contributed by atoms with E-state index in [1.54, 1.807) is 12.4 Å². The molecule has 1 unspecified atom stereocenters. The summed E-state index contributed by atoms with van der Waals surface area (Å²) in [5.41, 5.74) is 2.79. The van der Waals surface area contributed by atoms with Gasteiger partial charge in [-0.05, 0) is 18.1 Å². The summed E-state index contributed by atoms with van der Waals surface area (Å²) in [6, 6.07) is 12.2. The maximum atomic E-state index is 12.6. The minimum atomic E-state index is 0.0610. The molecule has 1 amide bonds. The SMILES string of the molecule is CNc1ccncc1C(=O)N1CCC(c2ccccc2)C1. The molecule has 0 spiro atoms. The number of aromatic nitrogens is 1. The van der Waals surface area contributed by atoms with Gasteiger partial charge in [-0.3, -0.25) is 9.78 Å². The minimum absolute atomic E-state index is 0.0610. The highest BCUT2D eigenvalue weighted by atomic mass is 16.2. The summed E-state index contributed by atoms with van der Waals surface area (Å²) >= 11 is 0. The molecule has 1 fully saturated rings. The second-order valence-corrected chi connectivity index (χ2v) is 5.32. The van der Waals surface area contributed by atoms with Gasteiger partial charge >= 0.3 is 0 Å². The molecule has 1 aromatic carbocycles. The maximum Gasteiger partial charge on any atom is 0.257 e. The first-order chi connectivity index (χ1) is 10.3. The van der Waals surface area contributed by atoms with Crippen LogP contribution in [0.5, 0.6) is 0 Å². The second kappa shape index (κ2) is 5.95. The van der Waals surface area contributed by atoms with Crippen molar-refractivity contribution in [1.82, 2.24) is 9.88 Å². The zero-order chi connectivity index (χ0) is 14.7. The number of carbonyl (C=O) groups is 1. The molecular formula is C17H19N3O.